The summed E-state index contributed by atoms with van der Waals surface area (Å²) in [5.74, 6) is -2.53. The van der Waals surface area contributed by atoms with Crippen LogP contribution in [0.25, 0.3) is 22.3 Å². The molecule has 0 fully saturated rings. The third kappa shape index (κ3) is 8.78. The fraction of sp³-hybridized carbons (Fsp3) is 0.273. The number of hydrogen-bond acceptors (Lipinski definition) is 4. The summed E-state index contributed by atoms with van der Waals surface area (Å²) in [6.07, 6.45) is -2.54. The van der Waals surface area contributed by atoms with Crippen molar-refractivity contribution in [2.24, 2.45) is 0 Å². The van der Waals surface area contributed by atoms with Crippen LogP contribution in [-0.2, 0) is 11.2 Å². The van der Waals surface area contributed by atoms with Crippen molar-refractivity contribution in [3.8, 4) is 22.3 Å². The summed E-state index contributed by atoms with van der Waals surface area (Å²) in [6.45, 7) is 3.80. The third-order valence-electron chi connectivity index (χ3n) is 7.06. The SMILES string of the molecule is CC(C)n1c(CC[C@@H](O)C[C@@H](O)CC(=O)O)c(-c2ccc(F)cc2)c(-c2ccc(F)cc2)c1C(=O)Nc1cccc(Cl)c1.[H-].[Na+]. The number of anilines is 1. The summed E-state index contributed by atoms with van der Waals surface area (Å²) in [5, 5.41) is 33.1. The van der Waals surface area contributed by atoms with Gasteiger partial charge in [-0.15, -0.1) is 0 Å². The maximum absolute atomic E-state index is 14.1. The van der Waals surface area contributed by atoms with Gasteiger partial charge in [-0.25, -0.2) is 8.78 Å². The number of aliphatic carboxylic acids is 1. The molecule has 0 radical (unpaired) electrons. The van der Waals surface area contributed by atoms with E-state index in [9.17, 15) is 28.6 Å². The van der Waals surface area contributed by atoms with Crippen LogP contribution in [0.3, 0.4) is 0 Å². The van der Waals surface area contributed by atoms with Crippen molar-refractivity contribution in [3.63, 3.8) is 0 Å². The van der Waals surface area contributed by atoms with Crippen LogP contribution in [-0.4, -0.2) is 44.0 Å². The quantitative estimate of drug-likeness (QED) is 0.175. The summed E-state index contributed by atoms with van der Waals surface area (Å²) < 4.78 is 29.9. The molecular formula is C33H34ClF2N2NaO5. The number of aliphatic hydroxyl groups excluding tert-OH is 2. The van der Waals surface area contributed by atoms with Crippen molar-refractivity contribution < 1.29 is 64.7 Å². The van der Waals surface area contributed by atoms with E-state index in [1.165, 1.54) is 24.3 Å². The van der Waals surface area contributed by atoms with Crippen molar-refractivity contribution in [2.45, 2.75) is 57.8 Å². The number of carboxylic acids is 1. The van der Waals surface area contributed by atoms with Gasteiger partial charge in [0.2, 0.25) is 0 Å². The number of carbonyl (C=O) groups excluding carboxylic acids is 1. The zero-order valence-corrected chi connectivity index (χ0v) is 27.5. The second-order valence-electron chi connectivity index (χ2n) is 10.7. The molecule has 1 heterocycles. The second kappa shape index (κ2) is 15.8. The van der Waals surface area contributed by atoms with Gasteiger partial charge in [0.15, 0.2) is 0 Å². The smallest absolute Gasteiger partial charge is 1.00 e. The standard InChI is InChI=1S/C33H33ClF2N2O5.Na.H/c1-19(2)38-28(15-14-26(39)17-27(40)18-29(41)42)30(20-6-10-23(35)11-7-20)31(21-8-12-24(36)13-9-21)32(38)33(43)37-25-5-3-4-22(34)16-25;;/h3-13,16,19,26-27,39-40H,14-15,17-18H2,1-2H3,(H,37,43)(H,41,42);;/q;+1;-1/t26-,27-;;/m1../s1. The Labute approximate surface area is 283 Å². The van der Waals surface area contributed by atoms with Gasteiger partial charge in [-0.05, 0) is 86.7 Å². The van der Waals surface area contributed by atoms with Crippen LogP contribution in [0.5, 0.6) is 0 Å². The third-order valence-corrected chi connectivity index (χ3v) is 7.29. The molecule has 11 heteroatoms. The fourth-order valence-electron chi connectivity index (χ4n) is 5.28. The average molecular weight is 635 g/mol. The molecule has 2 atom stereocenters. The number of nitrogens with one attached hydrogen (secondary N) is 1. The Morgan fingerprint density at radius 3 is 2.00 bits per heavy atom. The van der Waals surface area contributed by atoms with Gasteiger partial charge in [-0.3, -0.25) is 9.59 Å². The molecule has 7 nitrogen and oxygen atoms in total. The molecule has 0 aliphatic heterocycles. The first-order valence-electron chi connectivity index (χ1n) is 13.9. The number of carbonyl (C=O) groups is 2. The van der Waals surface area contributed by atoms with Crippen molar-refractivity contribution in [3.05, 3.63) is 101 Å². The summed E-state index contributed by atoms with van der Waals surface area (Å²) >= 11 is 6.16. The summed E-state index contributed by atoms with van der Waals surface area (Å²) in [4.78, 5) is 25.1. The molecule has 3 aromatic carbocycles. The minimum atomic E-state index is -1.23. The number of rotatable bonds is 12. The van der Waals surface area contributed by atoms with Crippen LogP contribution in [0.1, 0.15) is 56.8 Å². The van der Waals surface area contributed by atoms with Gasteiger partial charge in [0.05, 0.1) is 18.6 Å². The molecule has 4 aromatic rings. The van der Waals surface area contributed by atoms with E-state index >= 15 is 0 Å². The fourth-order valence-corrected chi connectivity index (χ4v) is 5.47. The molecular weight excluding hydrogens is 601 g/mol. The minimum Gasteiger partial charge on any atom is -1.00 e. The van der Waals surface area contributed by atoms with Gasteiger partial charge in [0, 0.05) is 33.6 Å². The van der Waals surface area contributed by atoms with E-state index in [1.807, 2.05) is 18.4 Å². The van der Waals surface area contributed by atoms with Gasteiger partial charge in [0.25, 0.3) is 5.91 Å². The second-order valence-corrected chi connectivity index (χ2v) is 11.1. The van der Waals surface area contributed by atoms with Crippen molar-refractivity contribution in [1.82, 2.24) is 4.57 Å². The molecule has 1 amide bonds. The van der Waals surface area contributed by atoms with E-state index in [0.29, 0.717) is 38.7 Å². The number of halogens is 3. The molecule has 0 spiro atoms. The monoisotopic (exact) mass is 634 g/mol. The Bertz CT molecular complexity index is 1600. The van der Waals surface area contributed by atoms with E-state index in [1.54, 1.807) is 48.5 Å². The van der Waals surface area contributed by atoms with E-state index in [-0.39, 0.29) is 62.0 Å². The number of benzene rings is 3. The van der Waals surface area contributed by atoms with Crippen LogP contribution >= 0.6 is 11.6 Å². The average Bonchev–Trinajstić information content (AvgIpc) is 3.28. The first-order valence-corrected chi connectivity index (χ1v) is 14.3. The molecule has 228 valence electrons. The van der Waals surface area contributed by atoms with E-state index in [4.69, 9.17) is 16.7 Å². The Hall–Kier alpha value is -3.05. The molecule has 0 saturated heterocycles. The Morgan fingerprint density at radius 2 is 1.48 bits per heavy atom. The number of amides is 1. The molecule has 0 aliphatic rings. The molecule has 0 aliphatic carbocycles. The topological polar surface area (TPSA) is 112 Å². The number of aliphatic hydroxyl groups is 2. The number of hydrogen-bond donors (Lipinski definition) is 4. The zero-order valence-electron chi connectivity index (χ0n) is 25.7. The predicted molar refractivity (Wildman–Crippen MR) is 163 cm³/mol. The van der Waals surface area contributed by atoms with Gasteiger partial charge >= 0.3 is 35.5 Å². The number of carboxylic acid groups (broad SMARTS) is 1. The molecule has 0 saturated carbocycles. The Kier molecular flexibility index (Phi) is 12.7. The van der Waals surface area contributed by atoms with Crippen LogP contribution in [0, 0.1) is 11.6 Å². The maximum atomic E-state index is 14.1. The van der Waals surface area contributed by atoms with E-state index in [2.05, 4.69) is 5.32 Å². The molecule has 4 N–H and O–H groups in total. The van der Waals surface area contributed by atoms with E-state index < -0.39 is 42.1 Å². The largest absolute Gasteiger partial charge is 1.00 e. The molecule has 4 rings (SSSR count). The van der Waals surface area contributed by atoms with Gasteiger partial charge in [0.1, 0.15) is 17.3 Å². The number of nitrogens with zero attached hydrogens (tertiary/aromatic N) is 1. The molecule has 0 bridgehead atoms. The normalized spacial score (nSPS) is 12.5. The van der Waals surface area contributed by atoms with Gasteiger partial charge in [-0.1, -0.05) is 41.9 Å². The van der Waals surface area contributed by atoms with Crippen LogP contribution in [0.2, 0.25) is 5.02 Å². The Morgan fingerprint density at radius 1 is 0.909 bits per heavy atom. The van der Waals surface area contributed by atoms with Gasteiger partial charge < -0.3 is 26.6 Å². The zero-order chi connectivity index (χ0) is 31.3. The van der Waals surface area contributed by atoms with E-state index in [0.717, 1.165) is 0 Å². The van der Waals surface area contributed by atoms with Crippen LogP contribution < -0.4 is 34.9 Å². The maximum Gasteiger partial charge on any atom is 1.00 e. The first-order chi connectivity index (χ1) is 20.4. The predicted octanol–water partition coefficient (Wildman–Crippen LogP) is 4.22. The van der Waals surface area contributed by atoms with Crippen molar-refractivity contribution in [1.29, 1.82) is 0 Å². The van der Waals surface area contributed by atoms with Crippen LogP contribution in [0.15, 0.2) is 72.8 Å². The summed E-state index contributed by atoms with van der Waals surface area (Å²) in [5.41, 5.74) is 3.65. The van der Waals surface area contributed by atoms with Crippen molar-refractivity contribution in [2.75, 3.05) is 5.32 Å². The molecule has 44 heavy (non-hydrogen) atoms. The van der Waals surface area contributed by atoms with Crippen LogP contribution in [0.4, 0.5) is 14.5 Å². The Balaban J connectivity index is 0.00000353. The summed E-state index contributed by atoms with van der Waals surface area (Å²) in [7, 11) is 0. The summed E-state index contributed by atoms with van der Waals surface area (Å²) in [6, 6.07) is 18.0. The first kappa shape index (κ1) is 35.4. The molecule has 0 unspecified atom stereocenters. The number of aromatic nitrogens is 1. The van der Waals surface area contributed by atoms with Crippen molar-refractivity contribution >= 4 is 29.2 Å². The minimum absolute atomic E-state index is 0. The molecule has 1 aromatic heterocycles. The van der Waals surface area contributed by atoms with Gasteiger partial charge in [-0.2, -0.15) is 0 Å².